The van der Waals surface area contributed by atoms with Crippen molar-refractivity contribution >= 4 is 17.4 Å². The summed E-state index contributed by atoms with van der Waals surface area (Å²) in [5, 5.41) is 9.39. The molecule has 2 aromatic heterocycles. The molecule has 8 nitrogen and oxygen atoms in total. The van der Waals surface area contributed by atoms with Gasteiger partial charge in [-0.1, -0.05) is 5.92 Å². The van der Waals surface area contributed by atoms with Crippen molar-refractivity contribution in [3.63, 3.8) is 0 Å². The molecular weight excluding hydrogens is 258 g/mol. The van der Waals surface area contributed by atoms with E-state index in [0.29, 0.717) is 17.3 Å². The number of nitrogens with zero attached hydrogens (tertiary/aromatic N) is 4. The molecule has 2 aromatic rings. The number of amides is 1. The lowest BCUT2D eigenvalue weighted by atomic mass is 10.4. The van der Waals surface area contributed by atoms with E-state index in [2.05, 4.69) is 31.6 Å². The van der Waals surface area contributed by atoms with Crippen LogP contribution in [0.3, 0.4) is 0 Å². The van der Waals surface area contributed by atoms with Gasteiger partial charge in [0.05, 0.1) is 13.1 Å². The highest BCUT2D eigenvalue weighted by atomic mass is 16.1. The molecule has 0 bridgehead atoms. The quantitative estimate of drug-likeness (QED) is 0.627. The van der Waals surface area contributed by atoms with Crippen LogP contribution in [0, 0.1) is 12.3 Å². The van der Waals surface area contributed by atoms with Crippen LogP contribution in [-0.2, 0) is 4.79 Å². The number of nitrogens with one attached hydrogen (secondary N) is 2. The zero-order valence-electron chi connectivity index (χ0n) is 10.6. The number of hydrogen-bond donors (Lipinski definition) is 3. The molecule has 0 saturated carbocycles. The van der Waals surface area contributed by atoms with E-state index in [9.17, 15) is 4.79 Å². The Morgan fingerprint density at radius 3 is 3.05 bits per heavy atom. The zero-order valence-corrected chi connectivity index (χ0v) is 10.6. The van der Waals surface area contributed by atoms with Gasteiger partial charge in [-0.05, 0) is 6.07 Å². The van der Waals surface area contributed by atoms with E-state index in [4.69, 9.17) is 12.2 Å². The van der Waals surface area contributed by atoms with Crippen molar-refractivity contribution in [3.8, 4) is 18.2 Å². The van der Waals surface area contributed by atoms with Gasteiger partial charge in [0.25, 0.3) is 0 Å². The van der Waals surface area contributed by atoms with Crippen LogP contribution in [0.25, 0.3) is 5.82 Å². The molecule has 0 aliphatic heterocycles. The third kappa shape index (κ3) is 3.02. The number of nitrogen functional groups attached to an aromatic ring is 1. The second kappa shape index (κ2) is 6.19. The summed E-state index contributed by atoms with van der Waals surface area (Å²) in [6.45, 7) is 0.194. The molecule has 0 unspecified atom stereocenters. The van der Waals surface area contributed by atoms with Gasteiger partial charge in [0.15, 0.2) is 11.6 Å². The summed E-state index contributed by atoms with van der Waals surface area (Å²) >= 11 is 0. The first kappa shape index (κ1) is 13.4. The molecule has 102 valence electrons. The Balaban J connectivity index is 2.08. The minimum atomic E-state index is -0.249. The summed E-state index contributed by atoms with van der Waals surface area (Å²) in [6.07, 6.45) is 9.71. The first-order valence-corrected chi connectivity index (χ1v) is 5.77. The van der Waals surface area contributed by atoms with Gasteiger partial charge in [-0.25, -0.2) is 14.6 Å². The van der Waals surface area contributed by atoms with Crippen LogP contribution in [0.15, 0.2) is 24.8 Å². The van der Waals surface area contributed by atoms with E-state index in [1.807, 2.05) is 0 Å². The standard InChI is InChI=1S/C12H13N7O/c1-2-4-14-9(20)7-15-11-10(13)12(17-8-16-11)19-6-3-5-18-19/h1,3,5-6,8H,4,7,13H2,(H,14,20)(H,15,16,17). The van der Waals surface area contributed by atoms with Crippen LogP contribution in [-0.4, -0.2) is 38.7 Å². The molecule has 1 amide bonds. The number of carbonyl (C=O) groups excluding carboxylic acids is 1. The lowest BCUT2D eigenvalue weighted by molar-refractivity contribution is -0.119. The third-order valence-electron chi connectivity index (χ3n) is 2.39. The van der Waals surface area contributed by atoms with Crippen molar-refractivity contribution in [1.29, 1.82) is 0 Å². The summed E-state index contributed by atoms with van der Waals surface area (Å²) < 4.78 is 1.51. The van der Waals surface area contributed by atoms with E-state index in [1.165, 1.54) is 11.0 Å². The zero-order chi connectivity index (χ0) is 14.4. The average molecular weight is 271 g/mol. The van der Waals surface area contributed by atoms with Crippen molar-refractivity contribution in [2.75, 3.05) is 24.1 Å². The van der Waals surface area contributed by atoms with Gasteiger partial charge < -0.3 is 16.4 Å². The Morgan fingerprint density at radius 2 is 2.35 bits per heavy atom. The van der Waals surface area contributed by atoms with Crippen molar-refractivity contribution in [2.24, 2.45) is 0 Å². The molecular formula is C12H13N7O. The molecule has 2 rings (SSSR count). The molecule has 0 atom stereocenters. The number of nitrogens with two attached hydrogens (primary N) is 1. The second-order valence-corrected chi connectivity index (χ2v) is 3.74. The van der Waals surface area contributed by atoms with Gasteiger partial charge in [-0.15, -0.1) is 6.42 Å². The largest absolute Gasteiger partial charge is 0.393 e. The summed E-state index contributed by atoms with van der Waals surface area (Å²) in [6, 6.07) is 1.75. The Morgan fingerprint density at radius 1 is 1.50 bits per heavy atom. The number of rotatable bonds is 5. The van der Waals surface area contributed by atoms with E-state index in [1.54, 1.807) is 18.5 Å². The molecule has 0 fully saturated rings. The molecule has 0 aliphatic carbocycles. The molecule has 4 N–H and O–H groups in total. The lowest BCUT2D eigenvalue weighted by Crippen LogP contribution is -2.30. The van der Waals surface area contributed by atoms with Gasteiger partial charge in [-0.3, -0.25) is 4.79 Å². The molecule has 2 heterocycles. The predicted molar refractivity (Wildman–Crippen MR) is 73.9 cm³/mol. The highest BCUT2D eigenvalue weighted by molar-refractivity contribution is 5.82. The van der Waals surface area contributed by atoms with Gasteiger partial charge in [0.1, 0.15) is 12.0 Å². The monoisotopic (exact) mass is 271 g/mol. The second-order valence-electron chi connectivity index (χ2n) is 3.74. The normalized spacial score (nSPS) is 9.75. The smallest absolute Gasteiger partial charge is 0.240 e. The van der Waals surface area contributed by atoms with E-state index < -0.39 is 0 Å². The fraction of sp³-hybridized carbons (Fsp3) is 0.167. The van der Waals surface area contributed by atoms with Crippen molar-refractivity contribution in [2.45, 2.75) is 0 Å². The molecule has 0 aliphatic rings. The lowest BCUT2D eigenvalue weighted by Gasteiger charge is -2.10. The Bertz CT molecular complexity index is 630. The molecule has 0 spiro atoms. The predicted octanol–water partition coefficient (Wildman–Crippen LogP) is -0.594. The SMILES string of the molecule is C#CCNC(=O)CNc1ncnc(-n2cccn2)c1N. The van der Waals surface area contributed by atoms with Crippen LogP contribution >= 0.6 is 0 Å². The molecule has 0 radical (unpaired) electrons. The molecule has 0 saturated heterocycles. The summed E-state index contributed by atoms with van der Waals surface area (Å²) in [7, 11) is 0. The minimum Gasteiger partial charge on any atom is -0.393 e. The summed E-state index contributed by atoms with van der Waals surface area (Å²) in [5.74, 6) is 2.87. The molecule has 0 aromatic carbocycles. The van der Waals surface area contributed by atoms with Gasteiger partial charge >= 0.3 is 0 Å². The van der Waals surface area contributed by atoms with Crippen molar-refractivity contribution in [3.05, 3.63) is 24.8 Å². The number of terminal acetylenes is 1. The third-order valence-corrected chi connectivity index (χ3v) is 2.39. The van der Waals surface area contributed by atoms with Crippen LogP contribution in [0.1, 0.15) is 0 Å². The van der Waals surface area contributed by atoms with Crippen LogP contribution in [0.4, 0.5) is 11.5 Å². The van der Waals surface area contributed by atoms with Crippen LogP contribution in [0.2, 0.25) is 0 Å². The summed E-state index contributed by atoms with van der Waals surface area (Å²) in [4.78, 5) is 19.5. The molecule has 8 heteroatoms. The first-order valence-electron chi connectivity index (χ1n) is 5.77. The van der Waals surface area contributed by atoms with Crippen LogP contribution < -0.4 is 16.4 Å². The fourth-order valence-electron chi connectivity index (χ4n) is 1.48. The fourth-order valence-corrected chi connectivity index (χ4v) is 1.48. The van der Waals surface area contributed by atoms with Crippen molar-refractivity contribution < 1.29 is 4.79 Å². The van der Waals surface area contributed by atoms with Gasteiger partial charge in [0.2, 0.25) is 5.91 Å². The van der Waals surface area contributed by atoms with Crippen LogP contribution in [0.5, 0.6) is 0 Å². The van der Waals surface area contributed by atoms with Crippen molar-refractivity contribution in [1.82, 2.24) is 25.1 Å². The minimum absolute atomic E-state index is 0.0153. The molecule has 20 heavy (non-hydrogen) atoms. The van der Waals surface area contributed by atoms with E-state index in [-0.39, 0.29) is 19.0 Å². The van der Waals surface area contributed by atoms with E-state index >= 15 is 0 Å². The number of aromatic nitrogens is 4. The maximum atomic E-state index is 11.4. The van der Waals surface area contributed by atoms with Gasteiger partial charge in [-0.2, -0.15) is 5.10 Å². The number of hydrogen-bond acceptors (Lipinski definition) is 6. The number of anilines is 2. The Labute approximate surface area is 115 Å². The van der Waals surface area contributed by atoms with E-state index in [0.717, 1.165) is 0 Å². The maximum absolute atomic E-state index is 11.4. The average Bonchev–Trinajstić information content (AvgIpc) is 2.98. The van der Waals surface area contributed by atoms with Gasteiger partial charge in [0, 0.05) is 12.4 Å². The highest BCUT2D eigenvalue weighted by Gasteiger charge is 2.10. The Hall–Kier alpha value is -3.08. The Kier molecular flexibility index (Phi) is 4.14. The summed E-state index contributed by atoms with van der Waals surface area (Å²) in [5.41, 5.74) is 6.25. The topological polar surface area (TPSA) is 111 Å². The highest BCUT2D eigenvalue weighted by Crippen LogP contribution is 2.20. The number of carbonyl (C=O) groups is 1. The maximum Gasteiger partial charge on any atom is 0.240 e. The first-order chi connectivity index (χ1) is 9.72.